The summed E-state index contributed by atoms with van der Waals surface area (Å²) < 4.78 is 39.5. The van der Waals surface area contributed by atoms with Crippen molar-refractivity contribution in [3.8, 4) is 0 Å². The van der Waals surface area contributed by atoms with Gasteiger partial charge in [-0.05, 0) is 36.8 Å². The van der Waals surface area contributed by atoms with E-state index in [1.165, 1.54) is 24.4 Å². The number of hydrogen-bond donors (Lipinski definition) is 3. The fourth-order valence-electron chi connectivity index (χ4n) is 1.67. The number of aliphatic hydroxyl groups is 1. The van der Waals surface area contributed by atoms with E-state index in [1.54, 1.807) is 6.92 Å². The smallest absolute Gasteiger partial charge is 0.263 e. The lowest BCUT2D eigenvalue weighted by atomic mass is 10.2. The van der Waals surface area contributed by atoms with Gasteiger partial charge < -0.3 is 10.1 Å². The first-order chi connectivity index (χ1) is 8.90. The number of nitrogens with one attached hydrogen (secondary N) is 2. The van der Waals surface area contributed by atoms with Crippen LogP contribution in [0, 0.1) is 12.7 Å². The van der Waals surface area contributed by atoms with Crippen LogP contribution in [0.3, 0.4) is 0 Å². The number of sulfonamides is 1. The van der Waals surface area contributed by atoms with Gasteiger partial charge in [-0.15, -0.1) is 0 Å². The van der Waals surface area contributed by atoms with Crippen LogP contribution in [0.4, 0.5) is 10.1 Å². The van der Waals surface area contributed by atoms with Crippen LogP contribution in [-0.4, -0.2) is 18.5 Å². The van der Waals surface area contributed by atoms with Crippen molar-refractivity contribution in [3.05, 3.63) is 47.5 Å². The Balaban J connectivity index is 2.30. The first-order valence-corrected chi connectivity index (χ1v) is 6.97. The Kier molecular flexibility index (Phi) is 3.59. The molecule has 0 unspecified atom stereocenters. The largest absolute Gasteiger partial charge is 0.390 e. The average molecular weight is 284 g/mol. The minimum absolute atomic E-state index is 0.0153. The van der Waals surface area contributed by atoms with E-state index >= 15 is 0 Å². The second kappa shape index (κ2) is 5.02. The molecule has 3 N–H and O–H groups in total. The number of anilines is 1. The van der Waals surface area contributed by atoms with Crippen LogP contribution >= 0.6 is 0 Å². The number of aliphatic hydroxyl groups excluding tert-OH is 1. The molecule has 19 heavy (non-hydrogen) atoms. The van der Waals surface area contributed by atoms with Gasteiger partial charge in [0, 0.05) is 11.9 Å². The standard InChI is InChI=1S/C12H13FN2O3S/c1-8-2-9(13)4-10(3-8)15-19(17,18)12-5-11(7-16)14-6-12/h2-6,14-16H,7H2,1H3. The summed E-state index contributed by atoms with van der Waals surface area (Å²) in [5, 5.41) is 8.88. The van der Waals surface area contributed by atoms with E-state index in [0.29, 0.717) is 11.3 Å². The van der Waals surface area contributed by atoms with Crippen LogP contribution in [0.2, 0.25) is 0 Å². The Morgan fingerprint density at radius 3 is 2.63 bits per heavy atom. The maximum atomic E-state index is 13.2. The van der Waals surface area contributed by atoms with E-state index in [1.807, 2.05) is 0 Å². The first kappa shape index (κ1) is 13.6. The van der Waals surface area contributed by atoms with E-state index in [4.69, 9.17) is 5.11 Å². The van der Waals surface area contributed by atoms with Crippen molar-refractivity contribution >= 4 is 15.7 Å². The number of hydrogen-bond acceptors (Lipinski definition) is 3. The fourth-order valence-corrected chi connectivity index (χ4v) is 2.73. The Hall–Kier alpha value is -1.86. The average Bonchev–Trinajstić information content (AvgIpc) is 2.75. The molecule has 1 heterocycles. The van der Waals surface area contributed by atoms with Gasteiger partial charge in [0.25, 0.3) is 10.0 Å². The Labute approximate surface area is 110 Å². The van der Waals surface area contributed by atoms with Crippen molar-refractivity contribution < 1.29 is 17.9 Å². The molecule has 2 aromatic rings. The molecule has 1 aromatic carbocycles. The number of aromatic amines is 1. The molecule has 5 nitrogen and oxygen atoms in total. The van der Waals surface area contributed by atoms with E-state index < -0.39 is 15.8 Å². The number of aromatic nitrogens is 1. The highest BCUT2D eigenvalue weighted by Crippen LogP contribution is 2.19. The van der Waals surface area contributed by atoms with E-state index in [9.17, 15) is 12.8 Å². The molecule has 1 aromatic heterocycles. The second-order valence-electron chi connectivity index (χ2n) is 4.14. The lowest BCUT2D eigenvalue weighted by Crippen LogP contribution is -2.12. The third-order valence-corrected chi connectivity index (χ3v) is 3.85. The molecule has 0 amide bonds. The van der Waals surface area contributed by atoms with E-state index in [2.05, 4.69) is 9.71 Å². The zero-order valence-corrected chi connectivity index (χ0v) is 11.0. The van der Waals surface area contributed by atoms with Crippen molar-refractivity contribution in [3.63, 3.8) is 0 Å². The Morgan fingerprint density at radius 1 is 1.32 bits per heavy atom. The van der Waals surface area contributed by atoms with Crippen LogP contribution in [-0.2, 0) is 16.6 Å². The van der Waals surface area contributed by atoms with E-state index in [0.717, 1.165) is 6.07 Å². The number of rotatable bonds is 4. The van der Waals surface area contributed by atoms with Crippen LogP contribution in [0.1, 0.15) is 11.3 Å². The summed E-state index contributed by atoms with van der Waals surface area (Å²) in [5.41, 5.74) is 1.16. The van der Waals surface area contributed by atoms with Crippen molar-refractivity contribution in [2.24, 2.45) is 0 Å². The zero-order chi connectivity index (χ0) is 14.0. The predicted molar refractivity (Wildman–Crippen MR) is 68.7 cm³/mol. The molecule has 0 atom stereocenters. The zero-order valence-electron chi connectivity index (χ0n) is 10.1. The summed E-state index contributed by atoms with van der Waals surface area (Å²) >= 11 is 0. The molecule has 0 saturated heterocycles. The van der Waals surface area contributed by atoms with Gasteiger partial charge in [0.1, 0.15) is 10.7 Å². The highest BCUT2D eigenvalue weighted by molar-refractivity contribution is 7.92. The molecule has 0 aliphatic carbocycles. The monoisotopic (exact) mass is 284 g/mol. The summed E-state index contributed by atoms with van der Waals surface area (Å²) in [6, 6.07) is 5.25. The lowest BCUT2D eigenvalue weighted by Gasteiger charge is -2.07. The topological polar surface area (TPSA) is 82.2 Å². The SMILES string of the molecule is Cc1cc(F)cc(NS(=O)(=O)c2c[nH]c(CO)c2)c1. The highest BCUT2D eigenvalue weighted by atomic mass is 32.2. The molecule has 0 spiro atoms. The normalized spacial score (nSPS) is 11.5. The third-order valence-electron chi connectivity index (χ3n) is 2.49. The molecule has 0 radical (unpaired) electrons. The van der Waals surface area contributed by atoms with Gasteiger partial charge >= 0.3 is 0 Å². The molecule has 0 fully saturated rings. The number of H-pyrrole nitrogens is 1. The number of halogens is 1. The van der Waals surface area contributed by atoms with Gasteiger partial charge in [-0.1, -0.05) is 0 Å². The molecule has 0 saturated carbocycles. The second-order valence-corrected chi connectivity index (χ2v) is 5.82. The Morgan fingerprint density at radius 2 is 2.05 bits per heavy atom. The summed E-state index contributed by atoms with van der Waals surface area (Å²) in [6.45, 7) is 1.38. The predicted octanol–water partition coefficient (Wildman–Crippen LogP) is 1.76. The van der Waals surface area contributed by atoms with E-state index in [-0.39, 0.29) is 17.2 Å². The van der Waals surface area contributed by atoms with Crippen molar-refractivity contribution in [2.45, 2.75) is 18.4 Å². The molecule has 7 heteroatoms. The minimum Gasteiger partial charge on any atom is -0.390 e. The summed E-state index contributed by atoms with van der Waals surface area (Å²) in [6.07, 6.45) is 1.26. The molecular weight excluding hydrogens is 271 g/mol. The van der Waals surface area contributed by atoms with Crippen molar-refractivity contribution in [1.82, 2.24) is 4.98 Å². The number of benzene rings is 1. The molecular formula is C12H13FN2O3S. The van der Waals surface area contributed by atoms with Crippen LogP contribution in [0.5, 0.6) is 0 Å². The van der Waals surface area contributed by atoms with Crippen LogP contribution in [0.15, 0.2) is 35.4 Å². The number of aryl methyl sites for hydroxylation is 1. The molecule has 0 aliphatic rings. The minimum atomic E-state index is -3.80. The van der Waals surface area contributed by atoms with Crippen LogP contribution in [0.25, 0.3) is 0 Å². The van der Waals surface area contributed by atoms with Gasteiger partial charge in [0.15, 0.2) is 0 Å². The maximum Gasteiger partial charge on any atom is 0.263 e. The van der Waals surface area contributed by atoms with Gasteiger partial charge in [0.2, 0.25) is 0 Å². The Bertz CT molecular complexity index is 675. The highest BCUT2D eigenvalue weighted by Gasteiger charge is 2.16. The molecule has 0 bridgehead atoms. The lowest BCUT2D eigenvalue weighted by molar-refractivity contribution is 0.277. The maximum absolute atomic E-state index is 13.2. The van der Waals surface area contributed by atoms with Crippen LogP contribution < -0.4 is 4.72 Å². The van der Waals surface area contributed by atoms with Gasteiger partial charge in [-0.3, -0.25) is 4.72 Å². The molecule has 2 rings (SSSR count). The summed E-state index contributed by atoms with van der Waals surface area (Å²) in [4.78, 5) is 2.61. The summed E-state index contributed by atoms with van der Waals surface area (Å²) in [5.74, 6) is -0.511. The first-order valence-electron chi connectivity index (χ1n) is 5.49. The van der Waals surface area contributed by atoms with Gasteiger partial charge in [0.05, 0.1) is 12.3 Å². The molecule has 102 valence electrons. The van der Waals surface area contributed by atoms with Gasteiger partial charge in [-0.2, -0.15) is 0 Å². The third kappa shape index (κ3) is 3.12. The molecule has 0 aliphatic heterocycles. The van der Waals surface area contributed by atoms with Crippen molar-refractivity contribution in [2.75, 3.05) is 4.72 Å². The van der Waals surface area contributed by atoms with Crippen molar-refractivity contribution in [1.29, 1.82) is 0 Å². The fraction of sp³-hybridized carbons (Fsp3) is 0.167. The quantitative estimate of drug-likeness (QED) is 0.800. The van der Waals surface area contributed by atoms with Gasteiger partial charge in [-0.25, -0.2) is 12.8 Å². The summed E-state index contributed by atoms with van der Waals surface area (Å²) in [7, 11) is -3.80.